The van der Waals surface area contributed by atoms with Crippen molar-refractivity contribution in [3.05, 3.63) is 60.3 Å². The number of aliphatic carboxylic acids is 1. The maximum absolute atomic E-state index is 10.5. The summed E-state index contributed by atoms with van der Waals surface area (Å²) in [6.07, 6.45) is 20.0. The Morgan fingerprint density at radius 2 is 2.12 bits per heavy atom. The highest BCUT2D eigenvalue weighted by Gasteiger charge is 2.25. The number of nitrogens with zero attached hydrogens (tertiary/aromatic N) is 3. The van der Waals surface area contributed by atoms with E-state index in [0.717, 1.165) is 43.4 Å². The SMILES string of the molecule is C=C/C(=C\C=C/C)C(N=C)C(N=CN(CCCCOCC(=O)O)C(C)C)C1=CCCC=C1. The van der Waals surface area contributed by atoms with Gasteiger partial charge >= 0.3 is 5.97 Å². The number of rotatable bonds is 16. The molecule has 0 heterocycles. The first-order valence-corrected chi connectivity index (χ1v) is 11.3. The molecule has 0 amide bonds. The minimum atomic E-state index is -0.939. The van der Waals surface area contributed by atoms with Crippen LogP contribution in [0.1, 0.15) is 46.5 Å². The van der Waals surface area contributed by atoms with E-state index in [1.165, 1.54) is 0 Å². The molecule has 1 aliphatic carbocycles. The Hall–Kier alpha value is -2.73. The summed E-state index contributed by atoms with van der Waals surface area (Å²) >= 11 is 0. The Balaban J connectivity index is 2.98. The number of hydrogen-bond donors (Lipinski definition) is 1. The van der Waals surface area contributed by atoms with Crippen LogP contribution in [0.15, 0.2) is 70.2 Å². The zero-order chi connectivity index (χ0) is 23.8. The number of allylic oxidation sites excluding steroid dienone is 5. The summed E-state index contributed by atoms with van der Waals surface area (Å²) in [5.41, 5.74) is 2.12. The van der Waals surface area contributed by atoms with E-state index in [9.17, 15) is 4.79 Å². The third-order valence-corrected chi connectivity index (χ3v) is 5.14. The first kappa shape index (κ1) is 27.3. The average molecular weight is 442 g/mol. The molecule has 0 saturated carbocycles. The van der Waals surface area contributed by atoms with Gasteiger partial charge in [0.2, 0.25) is 0 Å². The summed E-state index contributed by atoms with van der Waals surface area (Å²) < 4.78 is 5.12. The lowest BCUT2D eigenvalue weighted by atomic mass is 9.90. The fourth-order valence-electron chi connectivity index (χ4n) is 3.35. The van der Waals surface area contributed by atoms with Gasteiger partial charge in [-0.3, -0.25) is 9.98 Å². The van der Waals surface area contributed by atoms with Crippen molar-refractivity contribution in [3.63, 3.8) is 0 Å². The minimum absolute atomic E-state index is 0.182. The van der Waals surface area contributed by atoms with Crippen molar-refractivity contribution in [2.75, 3.05) is 19.8 Å². The van der Waals surface area contributed by atoms with Gasteiger partial charge in [-0.25, -0.2) is 4.79 Å². The first-order valence-electron chi connectivity index (χ1n) is 11.3. The van der Waals surface area contributed by atoms with E-state index in [1.807, 2.05) is 37.6 Å². The molecule has 6 heteroatoms. The van der Waals surface area contributed by atoms with Crippen LogP contribution in [0.25, 0.3) is 0 Å². The molecule has 0 aromatic carbocycles. The van der Waals surface area contributed by atoms with E-state index in [-0.39, 0.29) is 24.7 Å². The summed E-state index contributed by atoms with van der Waals surface area (Å²) in [6, 6.07) is -0.131. The lowest BCUT2D eigenvalue weighted by Gasteiger charge is -2.28. The molecule has 0 aromatic rings. The highest BCUT2D eigenvalue weighted by Crippen LogP contribution is 2.25. The van der Waals surface area contributed by atoms with E-state index >= 15 is 0 Å². The van der Waals surface area contributed by atoms with Crippen LogP contribution < -0.4 is 0 Å². The molecule has 0 bridgehead atoms. The van der Waals surface area contributed by atoms with Crippen LogP contribution in [0, 0.1) is 0 Å². The van der Waals surface area contributed by atoms with Crippen LogP contribution in [0.2, 0.25) is 0 Å². The molecule has 2 unspecified atom stereocenters. The molecule has 176 valence electrons. The molecule has 1 aliphatic rings. The molecule has 2 atom stereocenters. The molecular formula is C26H39N3O3. The van der Waals surface area contributed by atoms with Crippen molar-refractivity contribution in [1.29, 1.82) is 0 Å². The van der Waals surface area contributed by atoms with Crippen molar-refractivity contribution in [1.82, 2.24) is 4.90 Å². The zero-order valence-electron chi connectivity index (χ0n) is 19.8. The first-order chi connectivity index (χ1) is 15.4. The average Bonchev–Trinajstić information content (AvgIpc) is 2.78. The van der Waals surface area contributed by atoms with Crippen molar-refractivity contribution in [2.24, 2.45) is 9.98 Å². The lowest BCUT2D eigenvalue weighted by Crippen LogP contribution is -2.33. The number of carbonyl (C=O) groups is 1. The Bertz CT molecular complexity index is 747. The monoisotopic (exact) mass is 441 g/mol. The topological polar surface area (TPSA) is 74.5 Å². The van der Waals surface area contributed by atoms with E-state index in [0.29, 0.717) is 6.61 Å². The van der Waals surface area contributed by atoms with Crippen LogP contribution in [0.5, 0.6) is 0 Å². The van der Waals surface area contributed by atoms with Crippen LogP contribution in [-0.2, 0) is 9.53 Å². The van der Waals surface area contributed by atoms with Gasteiger partial charge in [0.1, 0.15) is 18.7 Å². The summed E-state index contributed by atoms with van der Waals surface area (Å²) in [5.74, 6) is -0.939. The highest BCUT2D eigenvalue weighted by atomic mass is 16.5. The molecule has 0 aliphatic heterocycles. The van der Waals surface area contributed by atoms with Gasteiger partial charge in [0, 0.05) is 19.2 Å². The number of unbranched alkanes of at least 4 members (excludes halogenated alkanes) is 1. The van der Waals surface area contributed by atoms with Crippen molar-refractivity contribution < 1.29 is 14.6 Å². The summed E-state index contributed by atoms with van der Waals surface area (Å²) in [7, 11) is 0. The van der Waals surface area contributed by atoms with E-state index in [1.54, 1.807) is 0 Å². The Labute approximate surface area is 193 Å². The molecule has 1 rings (SSSR count). The van der Waals surface area contributed by atoms with Gasteiger partial charge in [-0.1, -0.05) is 49.1 Å². The Kier molecular flexibility index (Phi) is 13.6. The normalized spacial score (nSPS) is 16.4. The summed E-state index contributed by atoms with van der Waals surface area (Å²) in [6.45, 7) is 15.1. The standard InChI is InChI=1S/C26H39N3O3/c1-6-8-14-22(7-2)25(27-5)26(23-15-10-9-11-16-23)28-20-29(21(3)4)17-12-13-18-32-19-24(30)31/h6-8,10,14-16,20-21,25-26H,2,5,9,11-13,17-19H2,1,3-4H3,(H,30,31)/b8-6-,22-14+,28-20?. The molecule has 6 nitrogen and oxygen atoms in total. The van der Waals surface area contributed by atoms with Gasteiger partial charge in [-0.15, -0.1) is 0 Å². The van der Waals surface area contributed by atoms with E-state index < -0.39 is 5.97 Å². The second-order valence-electron chi connectivity index (χ2n) is 7.90. The molecule has 1 N–H and O–H groups in total. The smallest absolute Gasteiger partial charge is 0.329 e. The maximum Gasteiger partial charge on any atom is 0.329 e. The molecule has 0 aromatic heterocycles. The largest absolute Gasteiger partial charge is 0.480 e. The van der Waals surface area contributed by atoms with Crippen LogP contribution in [0.3, 0.4) is 0 Å². The van der Waals surface area contributed by atoms with Crippen LogP contribution in [-0.4, -0.2) is 66.9 Å². The zero-order valence-corrected chi connectivity index (χ0v) is 19.8. The lowest BCUT2D eigenvalue weighted by molar-refractivity contribution is -0.142. The number of aliphatic imine (C=N–C) groups is 2. The molecule has 32 heavy (non-hydrogen) atoms. The Morgan fingerprint density at radius 3 is 2.69 bits per heavy atom. The van der Waals surface area contributed by atoms with Crippen molar-refractivity contribution >= 4 is 19.0 Å². The van der Waals surface area contributed by atoms with E-state index in [4.69, 9.17) is 14.8 Å². The van der Waals surface area contributed by atoms with Gasteiger partial charge < -0.3 is 14.7 Å². The molecule has 0 saturated heterocycles. The fraction of sp³-hybridized carbons (Fsp3) is 0.500. The molecule has 0 spiro atoms. The van der Waals surface area contributed by atoms with Crippen molar-refractivity contribution in [2.45, 2.75) is 64.6 Å². The Morgan fingerprint density at radius 1 is 1.34 bits per heavy atom. The van der Waals surface area contributed by atoms with E-state index in [2.05, 4.69) is 55.3 Å². The quantitative estimate of drug-likeness (QED) is 0.158. The minimum Gasteiger partial charge on any atom is -0.480 e. The number of carboxylic acid groups (broad SMARTS) is 1. The maximum atomic E-state index is 10.5. The molecule has 0 radical (unpaired) electrons. The summed E-state index contributed by atoms with van der Waals surface area (Å²) in [5, 5.41) is 8.64. The van der Waals surface area contributed by atoms with Gasteiger partial charge in [0.05, 0.1) is 6.34 Å². The van der Waals surface area contributed by atoms with Gasteiger partial charge in [-0.2, -0.15) is 0 Å². The van der Waals surface area contributed by atoms with Crippen LogP contribution >= 0.6 is 0 Å². The third kappa shape index (κ3) is 10.1. The van der Waals surface area contributed by atoms with Crippen LogP contribution in [0.4, 0.5) is 0 Å². The van der Waals surface area contributed by atoms with Gasteiger partial charge in [-0.05, 0) is 64.3 Å². The predicted molar refractivity (Wildman–Crippen MR) is 135 cm³/mol. The fourth-order valence-corrected chi connectivity index (χ4v) is 3.35. The number of ether oxygens (including phenoxy) is 1. The number of carboxylic acids is 1. The molecule has 0 fully saturated rings. The van der Waals surface area contributed by atoms with Gasteiger partial charge in [0.25, 0.3) is 0 Å². The van der Waals surface area contributed by atoms with Gasteiger partial charge in [0.15, 0.2) is 0 Å². The third-order valence-electron chi connectivity index (χ3n) is 5.14. The molecular weight excluding hydrogens is 402 g/mol. The number of hydrogen-bond acceptors (Lipinski definition) is 4. The summed E-state index contributed by atoms with van der Waals surface area (Å²) in [4.78, 5) is 22.1. The second kappa shape index (κ2) is 16.0. The highest BCUT2D eigenvalue weighted by molar-refractivity contribution is 5.68. The van der Waals surface area contributed by atoms with Crippen molar-refractivity contribution in [3.8, 4) is 0 Å². The predicted octanol–water partition coefficient (Wildman–Crippen LogP) is 5.01. The second-order valence-corrected chi connectivity index (χ2v) is 7.90.